The van der Waals surface area contributed by atoms with Gasteiger partial charge in [-0.3, -0.25) is 5.41 Å². The minimum absolute atomic E-state index is 0.0240. The molecule has 0 aliphatic heterocycles. The van der Waals surface area contributed by atoms with Gasteiger partial charge in [-0.05, 0) is 59.3 Å². The maximum Gasteiger partial charge on any atom is 0.333 e. The minimum Gasteiger partial charge on any atom is -0.490 e. The van der Waals surface area contributed by atoms with Gasteiger partial charge in [0, 0.05) is 21.3 Å². The summed E-state index contributed by atoms with van der Waals surface area (Å²) < 4.78 is 6.82. The van der Waals surface area contributed by atoms with Gasteiger partial charge < -0.3 is 26.0 Å². The first-order valence-electron chi connectivity index (χ1n) is 7.88. The molecule has 7 nitrogen and oxygen atoms in total. The van der Waals surface area contributed by atoms with Crippen molar-refractivity contribution in [1.82, 2.24) is 0 Å². The zero-order valence-corrected chi connectivity index (χ0v) is 17.6. The van der Waals surface area contributed by atoms with Crippen LogP contribution in [0.15, 0.2) is 45.3 Å². The number of carbonyl (C=O) groups is 1. The highest BCUT2D eigenvalue weighted by molar-refractivity contribution is 9.11. The molecule has 6 N–H and O–H groups in total. The Morgan fingerprint density at radius 2 is 1.93 bits per heavy atom. The fourth-order valence-corrected chi connectivity index (χ4v) is 3.82. The predicted molar refractivity (Wildman–Crippen MR) is 110 cm³/mol. The quantitative estimate of drug-likeness (QED) is 0.279. The van der Waals surface area contributed by atoms with E-state index >= 15 is 0 Å². The van der Waals surface area contributed by atoms with Crippen molar-refractivity contribution in [3.8, 4) is 5.75 Å². The van der Waals surface area contributed by atoms with Crippen LogP contribution in [0.5, 0.6) is 5.75 Å². The van der Waals surface area contributed by atoms with Crippen molar-refractivity contribution >= 4 is 49.4 Å². The number of carboxylic acid groups (broad SMARTS) is 1. The summed E-state index contributed by atoms with van der Waals surface area (Å²) in [6.07, 6.45) is 0. The number of aliphatic hydroxyl groups is 1. The van der Waals surface area contributed by atoms with Gasteiger partial charge in [-0.15, -0.1) is 0 Å². The molecular formula is C18H19Br2N3O4. The summed E-state index contributed by atoms with van der Waals surface area (Å²) >= 11 is 6.76. The number of amidine groups is 1. The van der Waals surface area contributed by atoms with Crippen molar-refractivity contribution < 1.29 is 19.7 Å². The Labute approximate surface area is 173 Å². The van der Waals surface area contributed by atoms with Crippen LogP contribution in [0.1, 0.15) is 18.1 Å². The van der Waals surface area contributed by atoms with Crippen molar-refractivity contribution in [1.29, 1.82) is 5.41 Å². The average molecular weight is 501 g/mol. The number of halogens is 2. The van der Waals surface area contributed by atoms with Crippen molar-refractivity contribution in [3.63, 3.8) is 0 Å². The average Bonchev–Trinajstić information content (AvgIpc) is 2.60. The Morgan fingerprint density at radius 3 is 2.44 bits per heavy atom. The number of ether oxygens (including phenoxy) is 1. The number of nitrogens with one attached hydrogen (secondary N) is 2. The lowest BCUT2D eigenvalue weighted by Crippen LogP contribution is -2.41. The van der Waals surface area contributed by atoms with Crippen molar-refractivity contribution in [2.75, 3.05) is 18.5 Å². The Kier molecular flexibility index (Phi) is 6.85. The number of benzene rings is 2. The summed E-state index contributed by atoms with van der Waals surface area (Å²) in [6, 6.07) is 9.96. The van der Waals surface area contributed by atoms with Gasteiger partial charge in [0.1, 0.15) is 18.2 Å². The molecule has 9 heteroatoms. The molecule has 0 bridgehead atoms. The molecule has 0 fully saturated rings. The SMILES string of the molecule is CC(Nc1ccc(C(=N)N)cc1)(C(=O)O)c1cc(Br)cc(Br)c1OCCO. The first kappa shape index (κ1) is 21.2. The molecule has 2 rings (SSSR count). The Bertz CT molecular complexity index is 858. The molecule has 27 heavy (non-hydrogen) atoms. The number of nitrogen functional groups attached to an aromatic ring is 1. The second-order valence-corrected chi connectivity index (χ2v) is 7.65. The molecule has 0 saturated carbocycles. The molecule has 0 aliphatic carbocycles. The van der Waals surface area contributed by atoms with Gasteiger partial charge in [0.15, 0.2) is 5.54 Å². The van der Waals surface area contributed by atoms with Crippen LogP contribution in [-0.2, 0) is 10.3 Å². The molecule has 0 aromatic heterocycles. The number of aliphatic hydroxyl groups excluding tert-OH is 1. The van der Waals surface area contributed by atoms with Crippen LogP contribution in [0.4, 0.5) is 5.69 Å². The van der Waals surface area contributed by atoms with Crippen LogP contribution >= 0.6 is 31.9 Å². The molecule has 0 saturated heterocycles. The van der Waals surface area contributed by atoms with E-state index in [0.29, 0.717) is 31.5 Å². The molecule has 0 heterocycles. The van der Waals surface area contributed by atoms with Crippen LogP contribution < -0.4 is 15.8 Å². The van der Waals surface area contributed by atoms with Crippen molar-refractivity contribution in [3.05, 3.63) is 56.5 Å². The first-order valence-corrected chi connectivity index (χ1v) is 9.47. The number of hydrogen-bond acceptors (Lipinski definition) is 5. The number of nitrogens with two attached hydrogens (primary N) is 1. The van der Waals surface area contributed by atoms with Gasteiger partial charge in [-0.25, -0.2) is 4.79 Å². The molecule has 2 aromatic carbocycles. The molecule has 1 atom stereocenters. The topological polar surface area (TPSA) is 129 Å². The molecule has 2 aromatic rings. The summed E-state index contributed by atoms with van der Waals surface area (Å²) in [7, 11) is 0. The monoisotopic (exact) mass is 499 g/mol. The van der Waals surface area contributed by atoms with Gasteiger partial charge in [0.2, 0.25) is 0 Å². The lowest BCUT2D eigenvalue weighted by atomic mass is 9.90. The number of aliphatic carboxylic acids is 1. The molecule has 1 unspecified atom stereocenters. The smallest absolute Gasteiger partial charge is 0.333 e. The standard InChI is InChI=1S/C18H19Br2N3O4/c1-18(17(25)26,23-12-4-2-10(3-5-12)16(21)22)13-8-11(19)9-14(20)15(13)27-7-6-24/h2-5,8-9,23-24H,6-7H2,1H3,(H3,21,22)(H,25,26). The van der Waals surface area contributed by atoms with E-state index in [-0.39, 0.29) is 19.0 Å². The van der Waals surface area contributed by atoms with Crippen molar-refractivity contribution in [2.45, 2.75) is 12.5 Å². The Hall–Kier alpha value is -2.10. The molecule has 0 amide bonds. The van der Waals surface area contributed by atoms with Gasteiger partial charge in [0.05, 0.1) is 11.1 Å². The van der Waals surface area contributed by atoms with Crippen LogP contribution in [0.2, 0.25) is 0 Å². The van der Waals surface area contributed by atoms with Gasteiger partial charge in [-0.1, -0.05) is 15.9 Å². The Morgan fingerprint density at radius 1 is 1.30 bits per heavy atom. The van der Waals surface area contributed by atoms with E-state index in [1.165, 1.54) is 6.92 Å². The third-order valence-corrected chi connectivity index (χ3v) is 4.95. The van der Waals surface area contributed by atoms with E-state index in [1.54, 1.807) is 36.4 Å². The second kappa shape index (κ2) is 8.73. The molecule has 0 spiro atoms. The highest BCUT2D eigenvalue weighted by Crippen LogP contribution is 2.40. The fourth-order valence-electron chi connectivity index (χ4n) is 2.48. The number of carboxylic acids is 1. The van der Waals surface area contributed by atoms with E-state index in [0.717, 1.165) is 0 Å². The number of rotatable bonds is 8. The number of anilines is 1. The zero-order chi connectivity index (χ0) is 20.2. The summed E-state index contributed by atoms with van der Waals surface area (Å²) in [5.74, 6) is -0.861. The summed E-state index contributed by atoms with van der Waals surface area (Å²) in [5.41, 5.74) is 5.37. The third-order valence-electron chi connectivity index (χ3n) is 3.90. The van der Waals surface area contributed by atoms with Crippen LogP contribution in [0.25, 0.3) is 0 Å². The van der Waals surface area contributed by atoms with Crippen LogP contribution in [0.3, 0.4) is 0 Å². The predicted octanol–water partition coefficient (Wildman–Crippen LogP) is 3.28. The van der Waals surface area contributed by atoms with Crippen LogP contribution in [-0.4, -0.2) is 35.2 Å². The normalized spacial score (nSPS) is 12.9. The molecule has 144 valence electrons. The highest BCUT2D eigenvalue weighted by atomic mass is 79.9. The highest BCUT2D eigenvalue weighted by Gasteiger charge is 2.39. The fraction of sp³-hybridized carbons (Fsp3) is 0.222. The molecular weight excluding hydrogens is 482 g/mol. The van der Waals surface area contributed by atoms with Gasteiger partial charge in [0.25, 0.3) is 0 Å². The Balaban J connectivity index is 2.52. The van der Waals surface area contributed by atoms with E-state index in [1.807, 2.05) is 0 Å². The zero-order valence-electron chi connectivity index (χ0n) is 14.4. The maximum atomic E-state index is 12.2. The van der Waals surface area contributed by atoms with E-state index < -0.39 is 11.5 Å². The van der Waals surface area contributed by atoms with Crippen molar-refractivity contribution in [2.24, 2.45) is 5.73 Å². The van der Waals surface area contributed by atoms with Gasteiger partial charge in [-0.2, -0.15) is 0 Å². The first-order chi connectivity index (χ1) is 12.7. The summed E-state index contributed by atoms with van der Waals surface area (Å²) in [4.78, 5) is 12.2. The largest absolute Gasteiger partial charge is 0.490 e. The maximum absolute atomic E-state index is 12.2. The lowest BCUT2D eigenvalue weighted by molar-refractivity contribution is -0.142. The van der Waals surface area contributed by atoms with Gasteiger partial charge >= 0.3 is 5.97 Å². The second-order valence-electron chi connectivity index (χ2n) is 5.88. The third kappa shape index (κ3) is 4.79. The van der Waals surface area contributed by atoms with E-state index in [4.69, 9.17) is 21.0 Å². The summed E-state index contributed by atoms with van der Waals surface area (Å²) in [6.45, 7) is 1.34. The lowest BCUT2D eigenvalue weighted by Gasteiger charge is -2.30. The molecule has 0 radical (unpaired) electrons. The van der Waals surface area contributed by atoms with E-state index in [2.05, 4.69) is 37.2 Å². The molecule has 0 aliphatic rings. The van der Waals surface area contributed by atoms with E-state index in [9.17, 15) is 9.90 Å². The van der Waals surface area contributed by atoms with Crippen LogP contribution in [0, 0.1) is 5.41 Å². The summed E-state index contributed by atoms with van der Waals surface area (Å²) in [5, 5.41) is 29.5. The minimum atomic E-state index is -1.53. The number of hydrogen-bond donors (Lipinski definition) is 5.